The van der Waals surface area contributed by atoms with Crippen LogP contribution in [0.15, 0.2) is 66.7 Å². The summed E-state index contributed by atoms with van der Waals surface area (Å²) in [6, 6.07) is 19.2. The summed E-state index contributed by atoms with van der Waals surface area (Å²) in [6.07, 6.45) is 0.129. The molecule has 0 aromatic heterocycles. The van der Waals surface area contributed by atoms with Crippen molar-refractivity contribution in [2.75, 3.05) is 31.1 Å². The fraction of sp³-hybridized carbons (Fsp3) is 0.250. The van der Waals surface area contributed by atoms with Crippen molar-refractivity contribution in [3.05, 3.63) is 100 Å². The van der Waals surface area contributed by atoms with Crippen molar-refractivity contribution in [2.24, 2.45) is 0 Å². The number of hydrogen-bond acceptors (Lipinski definition) is 5. The Balaban J connectivity index is 1.28. The van der Waals surface area contributed by atoms with E-state index in [2.05, 4.69) is 0 Å². The van der Waals surface area contributed by atoms with Gasteiger partial charge >= 0.3 is 5.97 Å². The Bertz CT molecular complexity index is 1300. The van der Waals surface area contributed by atoms with Gasteiger partial charge in [-0.05, 0) is 54.4 Å². The van der Waals surface area contributed by atoms with Gasteiger partial charge in [0.05, 0.1) is 11.3 Å². The Labute approximate surface area is 202 Å². The third kappa shape index (κ3) is 4.54. The Kier molecular flexibility index (Phi) is 6.07. The maximum atomic E-state index is 14.5. The Morgan fingerprint density at radius 3 is 2.31 bits per heavy atom. The highest BCUT2D eigenvalue weighted by Gasteiger charge is 2.30. The maximum absolute atomic E-state index is 14.5. The zero-order chi connectivity index (χ0) is 24.5. The molecule has 1 saturated heterocycles. The third-order valence-electron chi connectivity index (χ3n) is 6.66. The molecule has 0 unspecified atom stereocenters. The molecule has 35 heavy (non-hydrogen) atoms. The first kappa shape index (κ1) is 22.8. The summed E-state index contributed by atoms with van der Waals surface area (Å²) in [7, 11) is 0. The molecule has 7 heteroatoms. The van der Waals surface area contributed by atoms with Crippen LogP contribution in [0.1, 0.15) is 55.2 Å². The second-order valence-electron chi connectivity index (χ2n) is 8.88. The molecule has 2 aliphatic rings. The number of esters is 1. The molecule has 3 aromatic carbocycles. The fourth-order valence-corrected chi connectivity index (χ4v) is 4.70. The van der Waals surface area contributed by atoms with Crippen LogP contribution < -0.4 is 4.90 Å². The summed E-state index contributed by atoms with van der Waals surface area (Å²) >= 11 is 0. The van der Waals surface area contributed by atoms with Crippen molar-refractivity contribution in [2.45, 2.75) is 19.4 Å². The molecule has 0 bridgehead atoms. The van der Waals surface area contributed by atoms with Crippen molar-refractivity contribution in [3.63, 3.8) is 0 Å². The van der Waals surface area contributed by atoms with Crippen LogP contribution in [-0.2, 0) is 11.2 Å². The van der Waals surface area contributed by atoms with Gasteiger partial charge in [-0.2, -0.15) is 0 Å². The minimum atomic E-state index is -0.438. The molecule has 0 N–H and O–H groups in total. The van der Waals surface area contributed by atoms with Gasteiger partial charge in [-0.1, -0.05) is 30.3 Å². The number of carbonyl (C=O) groups excluding carboxylic acids is 3. The zero-order valence-corrected chi connectivity index (χ0v) is 19.4. The van der Waals surface area contributed by atoms with Crippen LogP contribution >= 0.6 is 0 Å². The van der Waals surface area contributed by atoms with Gasteiger partial charge in [0.25, 0.3) is 5.91 Å². The molecule has 1 atom stereocenters. The quantitative estimate of drug-likeness (QED) is 0.415. The van der Waals surface area contributed by atoms with Crippen molar-refractivity contribution in [1.82, 2.24) is 4.90 Å². The smallest absolute Gasteiger partial charge is 0.339 e. The van der Waals surface area contributed by atoms with E-state index in [-0.39, 0.29) is 23.8 Å². The molecule has 0 spiro atoms. The number of halogens is 1. The standard InChI is InChI=1S/C28H25FN2O4/c1-18(32)20-8-10-25(24(29)16-20)30-11-13-31(14-12-30)27(33)21-7-9-23-22(15-21)17-26(35-28(23)34)19-5-3-2-4-6-19/h2-10,15-16,26H,11-14,17H2,1H3/t26-/m1/s1. The van der Waals surface area contributed by atoms with E-state index in [1.807, 2.05) is 35.2 Å². The fourth-order valence-electron chi connectivity index (χ4n) is 4.70. The molecule has 0 saturated carbocycles. The summed E-state index contributed by atoms with van der Waals surface area (Å²) in [5.41, 5.74) is 3.50. The van der Waals surface area contributed by atoms with Gasteiger partial charge in [0.2, 0.25) is 0 Å². The van der Waals surface area contributed by atoms with Crippen LogP contribution in [0.3, 0.4) is 0 Å². The number of anilines is 1. The van der Waals surface area contributed by atoms with Crippen molar-refractivity contribution in [1.29, 1.82) is 0 Å². The second-order valence-corrected chi connectivity index (χ2v) is 8.88. The third-order valence-corrected chi connectivity index (χ3v) is 6.66. The molecular weight excluding hydrogens is 447 g/mol. The van der Waals surface area contributed by atoms with Crippen molar-refractivity contribution in [3.8, 4) is 0 Å². The number of carbonyl (C=O) groups is 3. The molecule has 2 heterocycles. The summed E-state index contributed by atoms with van der Waals surface area (Å²) in [5.74, 6) is -1.12. The van der Waals surface area contributed by atoms with E-state index in [0.29, 0.717) is 55.0 Å². The predicted molar refractivity (Wildman–Crippen MR) is 129 cm³/mol. The SMILES string of the molecule is CC(=O)c1ccc(N2CCN(C(=O)c3ccc4c(c3)C[C@H](c3ccccc3)OC4=O)CC2)c(F)c1. The predicted octanol–water partition coefficient (Wildman–Crippen LogP) is 4.44. The largest absolute Gasteiger partial charge is 0.454 e. The van der Waals surface area contributed by atoms with Gasteiger partial charge in [-0.25, -0.2) is 9.18 Å². The molecule has 178 valence electrons. The summed E-state index contributed by atoms with van der Waals surface area (Å²) < 4.78 is 20.2. The number of fused-ring (bicyclic) bond motifs is 1. The molecule has 0 aliphatic carbocycles. The van der Waals surface area contributed by atoms with E-state index in [1.165, 1.54) is 13.0 Å². The summed E-state index contributed by atoms with van der Waals surface area (Å²) in [5, 5.41) is 0. The van der Waals surface area contributed by atoms with Crippen LogP contribution in [0.5, 0.6) is 0 Å². The lowest BCUT2D eigenvalue weighted by Gasteiger charge is -2.36. The molecule has 0 radical (unpaired) electrons. The van der Waals surface area contributed by atoms with Crippen molar-refractivity contribution < 1.29 is 23.5 Å². The van der Waals surface area contributed by atoms with Gasteiger partial charge in [0, 0.05) is 43.7 Å². The second kappa shape index (κ2) is 9.33. The lowest BCUT2D eigenvalue weighted by atomic mass is 9.93. The number of Topliss-reactive ketones (excluding diaryl/α,β-unsaturated/α-hetero) is 1. The average Bonchev–Trinajstić information content (AvgIpc) is 2.88. The minimum absolute atomic E-state index is 0.116. The number of rotatable bonds is 4. The van der Waals surface area contributed by atoms with Gasteiger partial charge < -0.3 is 14.5 Å². The van der Waals surface area contributed by atoms with E-state index in [4.69, 9.17) is 4.74 Å². The molecule has 3 aromatic rings. The van der Waals surface area contributed by atoms with E-state index in [9.17, 15) is 18.8 Å². The molecule has 1 amide bonds. The summed E-state index contributed by atoms with van der Waals surface area (Å²) in [6.45, 7) is 3.26. The molecule has 2 aliphatic heterocycles. The Hall–Kier alpha value is -4.00. The monoisotopic (exact) mass is 472 g/mol. The molecular formula is C28H25FN2O4. The van der Waals surface area contributed by atoms with Gasteiger partial charge in [0.1, 0.15) is 11.9 Å². The average molecular weight is 473 g/mol. The van der Waals surface area contributed by atoms with Crippen LogP contribution in [0.4, 0.5) is 10.1 Å². The molecule has 5 rings (SSSR count). The first-order valence-corrected chi connectivity index (χ1v) is 11.6. The van der Waals surface area contributed by atoms with E-state index in [1.54, 1.807) is 35.2 Å². The number of ketones is 1. The first-order valence-electron chi connectivity index (χ1n) is 11.6. The lowest BCUT2D eigenvalue weighted by molar-refractivity contribution is 0.0252. The lowest BCUT2D eigenvalue weighted by Crippen LogP contribution is -2.49. The van der Waals surface area contributed by atoms with Crippen LogP contribution in [0.25, 0.3) is 0 Å². The number of amides is 1. The highest BCUT2D eigenvalue weighted by molar-refractivity contribution is 5.98. The topological polar surface area (TPSA) is 66.9 Å². The normalized spacial score (nSPS) is 17.5. The van der Waals surface area contributed by atoms with E-state index in [0.717, 1.165) is 11.1 Å². The first-order chi connectivity index (χ1) is 16.9. The van der Waals surface area contributed by atoms with Crippen molar-refractivity contribution >= 4 is 23.3 Å². The maximum Gasteiger partial charge on any atom is 0.339 e. The summed E-state index contributed by atoms with van der Waals surface area (Å²) in [4.78, 5) is 40.9. The molecule has 6 nitrogen and oxygen atoms in total. The molecule has 1 fully saturated rings. The van der Waals surface area contributed by atoms with Crippen LogP contribution in [-0.4, -0.2) is 48.7 Å². The number of benzene rings is 3. The number of cyclic esters (lactones) is 1. The van der Waals surface area contributed by atoms with Gasteiger partial charge in [-0.15, -0.1) is 0 Å². The van der Waals surface area contributed by atoms with E-state index < -0.39 is 5.82 Å². The number of piperazine rings is 1. The van der Waals surface area contributed by atoms with Gasteiger partial charge in [-0.3, -0.25) is 9.59 Å². The van der Waals surface area contributed by atoms with Gasteiger partial charge in [0.15, 0.2) is 5.78 Å². The number of hydrogen-bond donors (Lipinski definition) is 0. The zero-order valence-electron chi connectivity index (χ0n) is 19.4. The highest BCUT2D eigenvalue weighted by Crippen LogP contribution is 2.31. The van der Waals surface area contributed by atoms with E-state index >= 15 is 0 Å². The highest BCUT2D eigenvalue weighted by atomic mass is 19.1. The number of ether oxygens (including phenoxy) is 1. The van der Waals surface area contributed by atoms with Crippen LogP contribution in [0, 0.1) is 5.82 Å². The Morgan fingerprint density at radius 2 is 1.63 bits per heavy atom. The Morgan fingerprint density at radius 1 is 0.914 bits per heavy atom. The van der Waals surface area contributed by atoms with Crippen LogP contribution in [0.2, 0.25) is 0 Å². The number of nitrogens with zero attached hydrogens (tertiary/aromatic N) is 2. The minimum Gasteiger partial charge on any atom is -0.454 e.